The number of H-pyrrole nitrogens is 1. The van der Waals surface area contributed by atoms with E-state index in [0.717, 1.165) is 57.7 Å². The molecule has 5 aromatic rings. The van der Waals surface area contributed by atoms with Crippen molar-refractivity contribution in [2.75, 3.05) is 4.90 Å². The highest BCUT2D eigenvalue weighted by Crippen LogP contribution is 2.40. The SMILES string of the molecule is Cl.Cl.Cl.Cn1ccnc1Cn1cc2c(Cl)c(-c3c[nH]c4nc(N5C6CCC5CC(N)C6)cnc34)ccc2n1. The number of piperidine rings is 1. The third-order valence-electron chi connectivity index (χ3n) is 7.59. The van der Waals surface area contributed by atoms with Gasteiger partial charge in [-0.25, -0.2) is 15.0 Å². The van der Waals surface area contributed by atoms with Crippen LogP contribution in [0.2, 0.25) is 5.02 Å². The van der Waals surface area contributed by atoms with E-state index in [4.69, 9.17) is 32.4 Å². The van der Waals surface area contributed by atoms with Gasteiger partial charge in [0, 0.05) is 66.5 Å². The predicted octanol–water partition coefficient (Wildman–Crippen LogP) is 5.13. The molecule has 0 radical (unpaired) electrons. The second kappa shape index (κ2) is 10.9. The first kappa shape index (κ1) is 28.4. The van der Waals surface area contributed by atoms with Gasteiger partial charge in [-0.2, -0.15) is 5.10 Å². The summed E-state index contributed by atoms with van der Waals surface area (Å²) in [6.07, 6.45) is 13.9. The molecule has 6 heterocycles. The van der Waals surface area contributed by atoms with Crippen LogP contribution in [0, 0.1) is 0 Å². The van der Waals surface area contributed by atoms with Gasteiger partial charge in [0.25, 0.3) is 0 Å². The molecule has 2 saturated heterocycles. The van der Waals surface area contributed by atoms with Gasteiger partial charge in [0.1, 0.15) is 17.2 Å². The summed E-state index contributed by atoms with van der Waals surface area (Å²) in [5.74, 6) is 1.86. The fraction of sp³-hybridized carbons (Fsp3) is 0.360. The van der Waals surface area contributed by atoms with Gasteiger partial charge in [-0.15, -0.1) is 37.2 Å². The Balaban J connectivity index is 0.00000112. The van der Waals surface area contributed by atoms with Gasteiger partial charge in [-0.1, -0.05) is 17.7 Å². The van der Waals surface area contributed by atoms with E-state index in [1.165, 1.54) is 12.8 Å². The number of nitrogens with zero attached hydrogens (tertiary/aromatic N) is 7. The number of halogens is 4. The van der Waals surface area contributed by atoms with E-state index in [0.29, 0.717) is 29.7 Å². The Bertz CT molecular complexity index is 1560. The molecular formula is C25H29Cl4N9. The first-order valence-corrected chi connectivity index (χ1v) is 12.4. The molecule has 4 aromatic heterocycles. The molecule has 9 nitrogen and oxygen atoms in total. The number of nitrogens with two attached hydrogens (primary N) is 1. The van der Waals surface area contributed by atoms with E-state index < -0.39 is 0 Å². The van der Waals surface area contributed by atoms with E-state index in [2.05, 4.69) is 14.9 Å². The molecular weight excluding hydrogens is 568 g/mol. The van der Waals surface area contributed by atoms with Crippen LogP contribution in [-0.2, 0) is 13.6 Å². The van der Waals surface area contributed by atoms with Gasteiger partial charge in [0.05, 0.1) is 23.3 Å². The van der Waals surface area contributed by atoms with Crippen molar-refractivity contribution in [1.29, 1.82) is 0 Å². The molecule has 0 spiro atoms. The fourth-order valence-corrected chi connectivity index (χ4v) is 6.21. The predicted molar refractivity (Wildman–Crippen MR) is 158 cm³/mol. The Labute approximate surface area is 243 Å². The van der Waals surface area contributed by atoms with Crippen molar-refractivity contribution in [2.24, 2.45) is 12.8 Å². The quantitative estimate of drug-likeness (QED) is 0.298. The molecule has 0 saturated carbocycles. The lowest BCUT2D eigenvalue weighted by Gasteiger charge is -2.38. The molecule has 7 rings (SSSR count). The van der Waals surface area contributed by atoms with Crippen molar-refractivity contribution in [1.82, 2.24) is 34.3 Å². The monoisotopic (exact) mass is 595 g/mol. The summed E-state index contributed by atoms with van der Waals surface area (Å²) >= 11 is 6.92. The van der Waals surface area contributed by atoms with Crippen LogP contribution in [0.4, 0.5) is 5.82 Å². The number of fused-ring (bicyclic) bond motifs is 4. The number of nitrogens with one attached hydrogen (secondary N) is 1. The van der Waals surface area contributed by atoms with Crippen LogP contribution in [0.1, 0.15) is 31.5 Å². The molecule has 202 valence electrons. The molecule has 2 fully saturated rings. The fourth-order valence-electron chi connectivity index (χ4n) is 5.90. The summed E-state index contributed by atoms with van der Waals surface area (Å²) < 4.78 is 3.87. The second-order valence-corrected chi connectivity index (χ2v) is 10.2. The maximum Gasteiger partial charge on any atom is 0.159 e. The van der Waals surface area contributed by atoms with Crippen LogP contribution >= 0.6 is 48.8 Å². The minimum atomic E-state index is 0. The van der Waals surface area contributed by atoms with Crippen LogP contribution in [0.15, 0.2) is 43.1 Å². The molecule has 38 heavy (non-hydrogen) atoms. The Morgan fingerprint density at radius 1 is 1.08 bits per heavy atom. The molecule has 2 atom stereocenters. The molecule has 3 N–H and O–H groups in total. The number of imidazole rings is 1. The molecule has 2 unspecified atom stereocenters. The maximum absolute atomic E-state index is 6.92. The molecule has 2 aliphatic heterocycles. The first-order chi connectivity index (χ1) is 17.0. The van der Waals surface area contributed by atoms with Crippen molar-refractivity contribution in [3.8, 4) is 11.1 Å². The minimum absolute atomic E-state index is 0. The van der Waals surface area contributed by atoms with Crippen molar-refractivity contribution in [3.63, 3.8) is 0 Å². The zero-order valence-corrected chi connectivity index (χ0v) is 23.8. The number of hydrogen-bond donors (Lipinski definition) is 2. The summed E-state index contributed by atoms with van der Waals surface area (Å²) in [6, 6.07) is 5.23. The Hall–Kier alpha value is -2.56. The number of aromatic amines is 1. The summed E-state index contributed by atoms with van der Waals surface area (Å²) in [5, 5.41) is 6.25. The highest BCUT2D eigenvalue weighted by molar-refractivity contribution is 6.38. The molecule has 1 aromatic carbocycles. The topological polar surface area (TPSA) is 106 Å². The Morgan fingerprint density at radius 3 is 2.55 bits per heavy atom. The highest BCUT2D eigenvalue weighted by Gasteiger charge is 2.40. The van der Waals surface area contributed by atoms with Crippen molar-refractivity contribution < 1.29 is 0 Å². The Morgan fingerprint density at radius 2 is 1.84 bits per heavy atom. The zero-order chi connectivity index (χ0) is 23.7. The van der Waals surface area contributed by atoms with Crippen molar-refractivity contribution in [3.05, 3.63) is 54.0 Å². The molecule has 2 aliphatic rings. The molecule has 0 amide bonds. The van der Waals surface area contributed by atoms with Gasteiger partial charge >= 0.3 is 0 Å². The lowest BCUT2D eigenvalue weighted by molar-refractivity contribution is 0.412. The van der Waals surface area contributed by atoms with Gasteiger partial charge in [-0.3, -0.25) is 4.68 Å². The van der Waals surface area contributed by atoms with Crippen molar-refractivity contribution in [2.45, 2.75) is 50.4 Å². The van der Waals surface area contributed by atoms with Crippen LogP contribution < -0.4 is 10.6 Å². The molecule has 2 bridgehead atoms. The van der Waals surface area contributed by atoms with Gasteiger partial charge in [0.2, 0.25) is 0 Å². The van der Waals surface area contributed by atoms with Crippen LogP contribution in [0.3, 0.4) is 0 Å². The number of aryl methyl sites for hydroxylation is 1. The second-order valence-electron chi connectivity index (χ2n) is 9.79. The van der Waals surface area contributed by atoms with Crippen LogP contribution in [0.5, 0.6) is 0 Å². The van der Waals surface area contributed by atoms with Gasteiger partial charge in [0.15, 0.2) is 5.65 Å². The van der Waals surface area contributed by atoms with Crippen LogP contribution in [-0.4, -0.2) is 52.4 Å². The van der Waals surface area contributed by atoms with E-state index >= 15 is 0 Å². The van der Waals surface area contributed by atoms with Crippen molar-refractivity contribution >= 4 is 76.7 Å². The summed E-state index contributed by atoms with van der Waals surface area (Å²) in [5.41, 5.74) is 10.5. The van der Waals surface area contributed by atoms with Gasteiger partial charge < -0.3 is 20.2 Å². The summed E-state index contributed by atoms with van der Waals surface area (Å²) in [4.78, 5) is 19.9. The third kappa shape index (κ3) is 4.60. The summed E-state index contributed by atoms with van der Waals surface area (Å²) in [7, 11) is 1.98. The average molecular weight is 597 g/mol. The minimum Gasteiger partial charge on any atom is -0.349 e. The normalized spacial score (nSPS) is 20.3. The Kier molecular flexibility index (Phi) is 8.16. The largest absolute Gasteiger partial charge is 0.349 e. The first-order valence-electron chi connectivity index (χ1n) is 12.1. The highest BCUT2D eigenvalue weighted by atomic mass is 35.5. The van der Waals surface area contributed by atoms with E-state index in [1.54, 1.807) is 6.20 Å². The molecule has 13 heteroatoms. The third-order valence-corrected chi connectivity index (χ3v) is 8.00. The number of anilines is 1. The summed E-state index contributed by atoms with van der Waals surface area (Å²) in [6.45, 7) is 0.578. The number of benzene rings is 1. The maximum atomic E-state index is 6.92. The number of rotatable bonds is 4. The standard InChI is InChI=1S/C25H26ClN9.3ClH/c1-33-7-6-28-22(33)13-34-12-19-20(32-34)5-4-17(23(19)26)18-10-30-25-24(18)29-11-21(31-25)35-15-2-3-16(35)9-14(27)8-15;;;/h4-7,10-12,14-16H,2-3,8-9,13,27H2,1H3,(H,30,31);3*1H. The van der Waals surface area contributed by atoms with E-state index in [-0.39, 0.29) is 37.2 Å². The smallest absolute Gasteiger partial charge is 0.159 e. The average Bonchev–Trinajstić information content (AvgIpc) is 3.60. The molecule has 0 aliphatic carbocycles. The lowest BCUT2D eigenvalue weighted by Crippen LogP contribution is -2.47. The van der Waals surface area contributed by atoms with Crippen LogP contribution in [0.25, 0.3) is 33.2 Å². The lowest BCUT2D eigenvalue weighted by atomic mass is 9.98. The van der Waals surface area contributed by atoms with E-state index in [1.807, 2.05) is 53.2 Å². The zero-order valence-electron chi connectivity index (χ0n) is 20.6. The number of aromatic nitrogens is 7. The van der Waals surface area contributed by atoms with Gasteiger partial charge in [-0.05, 0) is 31.7 Å². The number of hydrogen-bond acceptors (Lipinski definition) is 6. The van der Waals surface area contributed by atoms with E-state index in [9.17, 15) is 0 Å².